The van der Waals surface area contributed by atoms with Crippen LogP contribution in [0.25, 0.3) is 11.2 Å². The first kappa shape index (κ1) is 16.9. The molecule has 1 N–H and O–H groups in total. The summed E-state index contributed by atoms with van der Waals surface area (Å²) in [7, 11) is 1.75. The molecular formula is C18H18ClN5O2. The van der Waals surface area contributed by atoms with Crippen molar-refractivity contribution >= 4 is 28.7 Å². The highest BCUT2D eigenvalue weighted by atomic mass is 35.5. The minimum atomic E-state index is -0.456. The van der Waals surface area contributed by atoms with Crippen molar-refractivity contribution in [3.63, 3.8) is 0 Å². The maximum Gasteiger partial charge on any atom is 0.254 e. The number of carbonyl (C=O) groups is 1. The predicted octanol–water partition coefficient (Wildman–Crippen LogP) is 2.15. The summed E-state index contributed by atoms with van der Waals surface area (Å²) >= 11 is 5.97. The summed E-state index contributed by atoms with van der Waals surface area (Å²) < 4.78 is 7.15. The van der Waals surface area contributed by atoms with Gasteiger partial charge in [0.25, 0.3) is 5.91 Å². The number of nitrogens with zero attached hydrogens (tertiary/aromatic N) is 4. The van der Waals surface area contributed by atoms with Gasteiger partial charge in [0.15, 0.2) is 5.65 Å². The second-order valence-corrected chi connectivity index (χ2v) is 7.02. The highest BCUT2D eigenvalue weighted by molar-refractivity contribution is 6.30. The molecular weight excluding hydrogens is 354 g/mol. The lowest BCUT2D eigenvalue weighted by atomic mass is 9.89. The average molecular weight is 372 g/mol. The number of halogens is 1. The number of rotatable bonds is 4. The Morgan fingerprint density at radius 2 is 2.15 bits per heavy atom. The molecule has 1 aromatic carbocycles. The average Bonchev–Trinajstić information content (AvgIpc) is 3.24. The second-order valence-electron chi connectivity index (χ2n) is 6.58. The zero-order valence-corrected chi connectivity index (χ0v) is 15.0. The molecule has 26 heavy (non-hydrogen) atoms. The normalized spacial score (nSPS) is 19.8. The van der Waals surface area contributed by atoms with Gasteiger partial charge in [-0.05, 0) is 36.6 Å². The van der Waals surface area contributed by atoms with Crippen LogP contribution in [0, 0.1) is 0 Å². The van der Waals surface area contributed by atoms with E-state index in [1.165, 1.54) is 0 Å². The number of aryl methyl sites for hydroxylation is 1. The third kappa shape index (κ3) is 3.15. The number of pyridine rings is 1. The molecule has 1 saturated heterocycles. The van der Waals surface area contributed by atoms with Crippen molar-refractivity contribution in [2.24, 2.45) is 7.05 Å². The van der Waals surface area contributed by atoms with Gasteiger partial charge in [0.1, 0.15) is 5.52 Å². The van der Waals surface area contributed by atoms with Gasteiger partial charge in [-0.25, -0.2) is 9.67 Å². The van der Waals surface area contributed by atoms with E-state index >= 15 is 0 Å². The number of nitrogens with one attached hydrogen (secondary N) is 1. The van der Waals surface area contributed by atoms with Gasteiger partial charge in [-0.3, -0.25) is 4.79 Å². The molecule has 4 rings (SSSR count). The van der Waals surface area contributed by atoms with Gasteiger partial charge >= 0.3 is 0 Å². The van der Waals surface area contributed by atoms with Gasteiger partial charge < -0.3 is 10.1 Å². The van der Waals surface area contributed by atoms with E-state index in [-0.39, 0.29) is 5.91 Å². The SMILES string of the molecule is Cn1nnc2c(C(=O)N[C@]3(Cc4ccc(Cl)cc4)CCOC3)ccnc21. The summed E-state index contributed by atoms with van der Waals surface area (Å²) in [5.41, 5.74) is 2.17. The molecule has 0 saturated carbocycles. The van der Waals surface area contributed by atoms with E-state index in [1.807, 2.05) is 24.3 Å². The van der Waals surface area contributed by atoms with Crippen LogP contribution < -0.4 is 5.32 Å². The number of hydrogen-bond acceptors (Lipinski definition) is 5. The van der Waals surface area contributed by atoms with Crippen LogP contribution in [0.4, 0.5) is 0 Å². The van der Waals surface area contributed by atoms with Crippen LogP contribution in [-0.4, -0.2) is 44.6 Å². The van der Waals surface area contributed by atoms with Crippen LogP contribution in [-0.2, 0) is 18.2 Å². The van der Waals surface area contributed by atoms with E-state index in [2.05, 4.69) is 20.6 Å². The molecule has 1 fully saturated rings. The number of benzene rings is 1. The van der Waals surface area contributed by atoms with Crippen molar-refractivity contribution in [1.29, 1.82) is 0 Å². The molecule has 3 aromatic rings. The Bertz CT molecular complexity index is 948. The number of aromatic nitrogens is 4. The maximum atomic E-state index is 13.0. The van der Waals surface area contributed by atoms with Gasteiger partial charge in [-0.2, -0.15) is 0 Å². The molecule has 1 amide bonds. The van der Waals surface area contributed by atoms with Gasteiger partial charge in [-0.1, -0.05) is 28.9 Å². The lowest BCUT2D eigenvalue weighted by Gasteiger charge is -2.29. The Labute approximate surface area is 155 Å². The third-order valence-corrected chi connectivity index (χ3v) is 4.92. The van der Waals surface area contributed by atoms with E-state index < -0.39 is 5.54 Å². The lowest BCUT2D eigenvalue weighted by Crippen LogP contribution is -2.50. The Kier molecular flexibility index (Phi) is 4.34. The summed E-state index contributed by atoms with van der Waals surface area (Å²) in [5, 5.41) is 11.9. The Hall–Kier alpha value is -2.51. The maximum absolute atomic E-state index is 13.0. The van der Waals surface area contributed by atoms with Gasteiger partial charge in [0, 0.05) is 24.9 Å². The van der Waals surface area contributed by atoms with Crippen molar-refractivity contribution in [3.05, 3.63) is 52.7 Å². The molecule has 1 atom stereocenters. The van der Waals surface area contributed by atoms with Crippen LogP contribution >= 0.6 is 11.6 Å². The number of amides is 1. The van der Waals surface area contributed by atoms with Gasteiger partial charge in [-0.15, -0.1) is 5.10 Å². The highest BCUT2D eigenvalue weighted by Gasteiger charge is 2.37. The third-order valence-electron chi connectivity index (χ3n) is 4.67. The molecule has 3 heterocycles. The monoisotopic (exact) mass is 371 g/mol. The minimum absolute atomic E-state index is 0.197. The molecule has 8 heteroatoms. The Balaban J connectivity index is 1.61. The fourth-order valence-corrected chi connectivity index (χ4v) is 3.43. The van der Waals surface area contributed by atoms with E-state index in [4.69, 9.17) is 16.3 Å². The Morgan fingerprint density at radius 1 is 1.35 bits per heavy atom. The van der Waals surface area contributed by atoms with Crippen LogP contribution in [0.15, 0.2) is 36.5 Å². The first-order chi connectivity index (χ1) is 12.6. The van der Waals surface area contributed by atoms with Gasteiger partial charge in [0.05, 0.1) is 17.7 Å². The minimum Gasteiger partial charge on any atom is -0.379 e. The highest BCUT2D eigenvalue weighted by Crippen LogP contribution is 2.26. The fourth-order valence-electron chi connectivity index (χ4n) is 3.31. The summed E-state index contributed by atoms with van der Waals surface area (Å²) in [6, 6.07) is 9.32. The quantitative estimate of drug-likeness (QED) is 0.759. The van der Waals surface area contributed by atoms with Crippen molar-refractivity contribution < 1.29 is 9.53 Å². The standard InChI is InChI=1S/C18H18ClN5O2/c1-24-16-15(22-23-24)14(6-8-20-16)17(25)21-18(7-9-26-11-18)10-12-2-4-13(19)5-3-12/h2-6,8H,7,9-11H2,1H3,(H,21,25)/t18-/m0/s1. The number of ether oxygens (including phenoxy) is 1. The molecule has 0 spiro atoms. The summed E-state index contributed by atoms with van der Waals surface area (Å²) in [6.07, 6.45) is 3.01. The summed E-state index contributed by atoms with van der Waals surface area (Å²) in [6.45, 7) is 1.08. The molecule has 0 radical (unpaired) electrons. The van der Waals surface area contributed by atoms with Crippen molar-refractivity contribution in [2.75, 3.05) is 13.2 Å². The first-order valence-corrected chi connectivity index (χ1v) is 8.73. The van der Waals surface area contributed by atoms with Crippen molar-refractivity contribution in [3.8, 4) is 0 Å². The van der Waals surface area contributed by atoms with Crippen molar-refractivity contribution in [2.45, 2.75) is 18.4 Å². The second kappa shape index (κ2) is 6.66. The smallest absolute Gasteiger partial charge is 0.254 e. The van der Waals surface area contributed by atoms with E-state index in [1.54, 1.807) is 24.0 Å². The molecule has 1 aliphatic heterocycles. The van der Waals surface area contributed by atoms with Crippen LogP contribution in [0.2, 0.25) is 5.02 Å². The van der Waals surface area contributed by atoms with Crippen LogP contribution in [0.3, 0.4) is 0 Å². The van der Waals surface area contributed by atoms with Crippen LogP contribution in [0.5, 0.6) is 0 Å². The predicted molar refractivity (Wildman–Crippen MR) is 97.1 cm³/mol. The number of hydrogen-bond donors (Lipinski definition) is 1. The lowest BCUT2D eigenvalue weighted by molar-refractivity contribution is 0.0879. The zero-order valence-electron chi connectivity index (χ0n) is 14.3. The number of carbonyl (C=O) groups excluding carboxylic acids is 1. The zero-order chi connectivity index (χ0) is 18.1. The molecule has 1 aliphatic rings. The first-order valence-electron chi connectivity index (χ1n) is 8.35. The van der Waals surface area contributed by atoms with Crippen LogP contribution in [0.1, 0.15) is 22.3 Å². The van der Waals surface area contributed by atoms with E-state index in [0.29, 0.717) is 41.4 Å². The van der Waals surface area contributed by atoms with Crippen molar-refractivity contribution in [1.82, 2.24) is 25.3 Å². The molecule has 7 nitrogen and oxygen atoms in total. The fraction of sp³-hybridized carbons (Fsp3) is 0.333. The summed E-state index contributed by atoms with van der Waals surface area (Å²) in [5.74, 6) is -0.197. The van der Waals surface area contributed by atoms with E-state index in [0.717, 1.165) is 12.0 Å². The molecule has 134 valence electrons. The topological polar surface area (TPSA) is 81.9 Å². The van der Waals surface area contributed by atoms with E-state index in [9.17, 15) is 4.79 Å². The molecule has 0 bridgehead atoms. The Morgan fingerprint density at radius 3 is 2.88 bits per heavy atom. The molecule has 0 aliphatic carbocycles. The molecule has 0 unspecified atom stereocenters. The van der Waals surface area contributed by atoms with Gasteiger partial charge in [0.2, 0.25) is 0 Å². The number of fused-ring (bicyclic) bond motifs is 1. The largest absolute Gasteiger partial charge is 0.379 e. The molecule has 2 aromatic heterocycles. The summed E-state index contributed by atoms with van der Waals surface area (Å²) in [4.78, 5) is 17.2.